The molecular weight excluding hydrogens is 236 g/mol. The summed E-state index contributed by atoms with van der Waals surface area (Å²) < 4.78 is 11.1. The summed E-state index contributed by atoms with van der Waals surface area (Å²) in [5.74, 6) is 0.996. The summed E-state index contributed by atoms with van der Waals surface area (Å²) in [6, 6.07) is 6.59. The van der Waals surface area contributed by atoms with Crippen LogP contribution in [0.2, 0.25) is 0 Å². The Kier molecular flexibility index (Phi) is 3.65. The maximum Gasteiger partial charge on any atom is 0.123 e. The fraction of sp³-hybridized carbons (Fsp3) is 0.647. The lowest BCUT2D eigenvalue weighted by Crippen LogP contribution is -2.18. The quantitative estimate of drug-likeness (QED) is 0.766. The Morgan fingerprint density at radius 3 is 2.21 bits per heavy atom. The number of rotatable bonds is 3. The molecule has 2 nitrogen and oxygen atoms in total. The van der Waals surface area contributed by atoms with Crippen molar-refractivity contribution in [2.24, 2.45) is 0 Å². The van der Waals surface area contributed by atoms with Crippen LogP contribution in [0.1, 0.15) is 52.7 Å². The summed E-state index contributed by atoms with van der Waals surface area (Å²) in [5, 5.41) is 0. The first-order valence-corrected chi connectivity index (χ1v) is 7.07. The predicted octanol–water partition coefficient (Wildman–Crippen LogP) is 4.06. The maximum absolute atomic E-state index is 5.93. The molecule has 2 heteroatoms. The van der Waals surface area contributed by atoms with Crippen LogP contribution in [-0.4, -0.2) is 19.3 Å². The Morgan fingerprint density at radius 2 is 1.74 bits per heavy atom. The lowest BCUT2D eigenvalue weighted by atomic mass is 9.80. The Bertz CT molecular complexity index is 445. The van der Waals surface area contributed by atoms with E-state index in [4.69, 9.17) is 9.47 Å². The van der Waals surface area contributed by atoms with Gasteiger partial charge in [-0.05, 0) is 28.0 Å². The fourth-order valence-electron chi connectivity index (χ4n) is 2.06. The van der Waals surface area contributed by atoms with Crippen molar-refractivity contribution < 1.29 is 9.47 Å². The van der Waals surface area contributed by atoms with Crippen molar-refractivity contribution >= 4 is 0 Å². The minimum atomic E-state index is 0.0843. The molecule has 0 N–H and O–H groups in total. The first kappa shape index (κ1) is 14.4. The Balaban J connectivity index is 2.30. The van der Waals surface area contributed by atoms with Crippen molar-refractivity contribution in [2.45, 2.75) is 58.5 Å². The second-order valence-corrected chi connectivity index (χ2v) is 7.48. The predicted molar refractivity (Wildman–Crippen MR) is 79.1 cm³/mol. The van der Waals surface area contributed by atoms with Crippen LogP contribution in [0.3, 0.4) is 0 Å². The van der Waals surface area contributed by atoms with Gasteiger partial charge in [-0.3, -0.25) is 0 Å². The lowest BCUT2D eigenvalue weighted by molar-refractivity contribution is 0.258. The highest BCUT2D eigenvalue weighted by Gasteiger charge is 2.26. The molecule has 106 valence electrons. The summed E-state index contributed by atoms with van der Waals surface area (Å²) in [5.41, 5.74) is 2.88. The van der Waals surface area contributed by atoms with Crippen LogP contribution in [-0.2, 0) is 15.6 Å². The molecule has 1 aromatic carbocycles. The van der Waals surface area contributed by atoms with E-state index in [1.807, 2.05) is 0 Å². The zero-order valence-electron chi connectivity index (χ0n) is 13.0. The normalized spacial score (nSPS) is 19.4. The van der Waals surface area contributed by atoms with Crippen molar-refractivity contribution in [3.63, 3.8) is 0 Å². The zero-order valence-corrected chi connectivity index (χ0v) is 13.0. The van der Waals surface area contributed by atoms with E-state index in [1.165, 1.54) is 11.1 Å². The van der Waals surface area contributed by atoms with E-state index in [0.29, 0.717) is 12.7 Å². The molecule has 0 aliphatic carbocycles. The lowest BCUT2D eigenvalue weighted by Gasteiger charge is -2.27. The molecule has 1 heterocycles. The van der Waals surface area contributed by atoms with Gasteiger partial charge in [0.05, 0.1) is 6.61 Å². The molecule has 0 bridgehead atoms. The summed E-state index contributed by atoms with van der Waals surface area (Å²) in [4.78, 5) is 0. The largest absolute Gasteiger partial charge is 0.490 e. The van der Waals surface area contributed by atoms with Crippen LogP contribution >= 0.6 is 0 Å². The van der Waals surface area contributed by atoms with E-state index in [-0.39, 0.29) is 10.8 Å². The van der Waals surface area contributed by atoms with Crippen molar-refractivity contribution in [1.29, 1.82) is 0 Å². The Hall–Kier alpha value is -1.02. The number of ether oxygens (including phenoxy) is 2. The van der Waals surface area contributed by atoms with Gasteiger partial charge in [-0.1, -0.05) is 53.7 Å². The Labute approximate surface area is 117 Å². The number of hydrogen-bond acceptors (Lipinski definition) is 2. The number of benzene rings is 1. The van der Waals surface area contributed by atoms with Gasteiger partial charge < -0.3 is 9.47 Å². The van der Waals surface area contributed by atoms with Gasteiger partial charge in [-0.15, -0.1) is 0 Å². The van der Waals surface area contributed by atoms with Crippen LogP contribution < -0.4 is 4.74 Å². The van der Waals surface area contributed by atoms with Crippen LogP contribution in [0.25, 0.3) is 0 Å². The standard InChI is InChI=1S/C17H26O2/c1-16(2,3)12-7-8-15(19-11-13-10-18-13)14(9-12)17(4,5)6/h7-9,13H,10-11H2,1-6H3/t13-/m0/s1. The fourth-order valence-corrected chi connectivity index (χ4v) is 2.06. The first-order chi connectivity index (χ1) is 8.68. The molecule has 1 aliphatic rings. The third-order valence-corrected chi connectivity index (χ3v) is 3.48. The van der Waals surface area contributed by atoms with Gasteiger partial charge in [0.25, 0.3) is 0 Å². The van der Waals surface area contributed by atoms with Crippen LogP contribution in [0.4, 0.5) is 0 Å². The highest BCUT2D eigenvalue weighted by atomic mass is 16.6. The number of epoxide rings is 1. The molecule has 0 aromatic heterocycles. The van der Waals surface area contributed by atoms with Gasteiger partial charge in [0.2, 0.25) is 0 Å². The van der Waals surface area contributed by atoms with Crippen molar-refractivity contribution in [3.05, 3.63) is 29.3 Å². The van der Waals surface area contributed by atoms with Gasteiger partial charge in [-0.25, -0.2) is 0 Å². The Morgan fingerprint density at radius 1 is 1.11 bits per heavy atom. The molecule has 1 atom stereocenters. The summed E-state index contributed by atoms with van der Waals surface area (Å²) in [6.07, 6.45) is 0.301. The average molecular weight is 262 g/mol. The topological polar surface area (TPSA) is 21.8 Å². The first-order valence-electron chi connectivity index (χ1n) is 7.07. The van der Waals surface area contributed by atoms with E-state index in [1.54, 1.807) is 0 Å². The second-order valence-electron chi connectivity index (χ2n) is 7.48. The van der Waals surface area contributed by atoms with E-state index >= 15 is 0 Å². The highest BCUT2D eigenvalue weighted by molar-refractivity contribution is 5.43. The third kappa shape index (κ3) is 3.73. The van der Waals surface area contributed by atoms with Crippen LogP contribution in [0, 0.1) is 0 Å². The van der Waals surface area contributed by atoms with Crippen molar-refractivity contribution in [1.82, 2.24) is 0 Å². The molecule has 19 heavy (non-hydrogen) atoms. The van der Waals surface area contributed by atoms with E-state index < -0.39 is 0 Å². The van der Waals surface area contributed by atoms with Crippen molar-refractivity contribution in [2.75, 3.05) is 13.2 Å². The molecule has 0 radical (unpaired) electrons. The molecule has 1 fully saturated rings. The third-order valence-electron chi connectivity index (χ3n) is 3.48. The van der Waals surface area contributed by atoms with E-state index in [2.05, 4.69) is 59.7 Å². The smallest absolute Gasteiger partial charge is 0.123 e. The van der Waals surface area contributed by atoms with Gasteiger partial charge >= 0.3 is 0 Å². The molecule has 0 unspecified atom stereocenters. The van der Waals surface area contributed by atoms with Crippen LogP contribution in [0.15, 0.2) is 18.2 Å². The van der Waals surface area contributed by atoms with E-state index in [0.717, 1.165) is 12.4 Å². The number of hydrogen-bond donors (Lipinski definition) is 0. The molecule has 0 saturated carbocycles. The SMILES string of the molecule is CC(C)(C)c1ccc(OC[C@@H]2CO2)c(C(C)(C)C)c1. The molecule has 0 amide bonds. The summed E-state index contributed by atoms with van der Waals surface area (Å²) >= 11 is 0. The van der Waals surface area contributed by atoms with Gasteiger partial charge in [0.15, 0.2) is 0 Å². The minimum Gasteiger partial charge on any atom is -0.490 e. The maximum atomic E-state index is 5.93. The van der Waals surface area contributed by atoms with Gasteiger partial charge in [0, 0.05) is 0 Å². The molecule has 2 rings (SSSR count). The molecule has 1 aliphatic heterocycles. The summed E-state index contributed by atoms with van der Waals surface area (Å²) in [6.45, 7) is 14.9. The molecule has 1 aromatic rings. The van der Waals surface area contributed by atoms with E-state index in [9.17, 15) is 0 Å². The zero-order chi connectivity index (χ0) is 14.3. The highest BCUT2D eigenvalue weighted by Crippen LogP contribution is 2.35. The molecular formula is C17H26O2. The van der Waals surface area contributed by atoms with Crippen molar-refractivity contribution in [3.8, 4) is 5.75 Å². The monoisotopic (exact) mass is 262 g/mol. The minimum absolute atomic E-state index is 0.0843. The second kappa shape index (κ2) is 4.82. The van der Waals surface area contributed by atoms with Gasteiger partial charge in [0.1, 0.15) is 18.5 Å². The molecule has 1 saturated heterocycles. The van der Waals surface area contributed by atoms with Crippen LogP contribution in [0.5, 0.6) is 5.75 Å². The summed E-state index contributed by atoms with van der Waals surface area (Å²) in [7, 11) is 0. The average Bonchev–Trinajstić information content (AvgIpc) is 3.07. The van der Waals surface area contributed by atoms with Gasteiger partial charge in [-0.2, -0.15) is 0 Å². The molecule has 0 spiro atoms.